The fourth-order valence-electron chi connectivity index (χ4n) is 2.23. The molecule has 1 saturated carbocycles. The molecule has 1 aliphatic carbocycles. The van der Waals surface area contributed by atoms with Crippen LogP contribution in [0.15, 0.2) is 42.1 Å². The Morgan fingerprint density at radius 2 is 2.41 bits per heavy atom. The minimum absolute atomic E-state index is 0.300. The average molecular weight is 247 g/mol. The molecule has 1 aromatic heterocycles. The maximum Gasteiger partial charge on any atom is 0.133 e. The van der Waals surface area contributed by atoms with Crippen molar-refractivity contribution in [1.29, 1.82) is 0 Å². The van der Waals surface area contributed by atoms with Crippen molar-refractivity contribution in [2.75, 3.05) is 0 Å². The predicted molar refractivity (Wildman–Crippen MR) is 71.0 cm³/mol. The highest BCUT2D eigenvalue weighted by Crippen LogP contribution is 2.34. The van der Waals surface area contributed by atoms with Gasteiger partial charge in [-0.25, -0.2) is 4.98 Å². The van der Waals surface area contributed by atoms with E-state index in [1.807, 2.05) is 24.3 Å². The molecule has 2 unspecified atom stereocenters. The van der Waals surface area contributed by atoms with E-state index in [2.05, 4.69) is 11.6 Å². The summed E-state index contributed by atoms with van der Waals surface area (Å²) in [5.74, 6) is 0.829. The molecule has 0 aromatic carbocycles. The molecule has 0 N–H and O–H groups in total. The third kappa shape index (κ3) is 3.43. The lowest BCUT2D eigenvalue weighted by atomic mass is 9.86. The van der Waals surface area contributed by atoms with Crippen LogP contribution in [0.2, 0.25) is 0 Å². The Morgan fingerprint density at radius 1 is 1.53 bits per heavy atom. The van der Waals surface area contributed by atoms with Crippen LogP contribution in [0.1, 0.15) is 25.7 Å². The molecule has 1 aliphatic rings. The van der Waals surface area contributed by atoms with Crippen molar-refractivity contribution in [2.24, 2.45) is 5.92 Å². The molecule has 1 aromatic rings. The van der Waals surface area contributed by atoms with Gasteiger partial charge in [-0.05, 0) is 30.9 Å². The van der Waals surface area contributed by atoms with Crippen LogP contribution in [0.4, 0.5) is 0 Å². The summed E-state index contributed by atoms with van der Waals surface area (Å²) in [6.45, 7) is 3.90. The first-order chi connectivity index (χ1) is 8.29. The maximum atomic E-state index is 11.5. The van der Waals surface area contributed by atoms with Gasteiger partial charge in [-0.3, -0.25) is 4.79 Å². The van der Waals surface area contributed by atoms with Crippen LogP contribution in [0.5, 0.6) is 0 Å². The highest BCUT2D eigenvalue weighted by Gasteiger charge is 2.26. The van der Waals surface area contributed by atoms with Crippen LogP contribution in [0, 0.1) is 5.92 Å². The zero-order valence-corrected chi connectivity index (χ0v) is 10.7. The Hall–Kier alpha value is -1.09. The van der Waals surface area contributed by atoms with Gasteiger partial charge in [0.25, 0.3) is 0 Å². The fourth-order valence-corrected chi connectivity index (χ4v) is 3.31. The van der Waals surface area contributed by atoms with Gasteiger partial charge in [0.1, 0.15) is 5.78 Å². The molecule has 90 valence electrons. The average Bonchev–Trinajstić information content (AvgIpc) is 2.37. The number of thioether (sulfide) groups is 1. The number of nitrogens with zero attached hydrogens (tertiary/aromatic N) is 1. The van der Waals surface area contributed by atoms with E-state index in [1.54, 1.807) is 18.0 Å². The predicted octanol–water partition coefficient (Wildman–Crippen LogP) is 3.49. The highest BCUT2D eigenvalue weighted by molar-refractivity contribution is 8.00. The van der Waals surface area contributed by atoms with E-state index in [9.17, 15) is 4.79 Å². The quantitative estimate of drug-likeness (QED) is 0.602. The second-order valence-corrected chi connectivity index (χ2v) is 5.58. The topological polar surface area (TPSA) is 30.0 Å². The van der Waals surface area contributed by atoms with Crippen LogP contribution in [0.3, 0.4) is 0 Å². The third-order valence-electron chi connectivity index (χ3n) is 3.11. The van der Waals surface area contributed by atoms with E-state index in [1.165, 1.54) is 0 Å². The largest absolute Gasteiger partial charge is 0.300 e. The van der Waals surface area contributed by atoms with Crippen molar-refractivity contribution in [3.05, 3.63) is 37.1 Å². The van der Waals surface area contributed by atoms with E-state index < -0.39 is 0 Å². The van der Waals surface area contributed by atoms with Gasteiger partial charge in [0.15, 0.2) is 0 Å². The van der Waals surface area contributed by atoms with Gasteiger partial charge in [0.2, 0.25) is 0 Å². The zero-order chi connectivity index (χ0) is 12.1. The molecule has 2 nitrogen and oxygen atoms in total. The molecule has 0 aliphatic heterocycles. The Kier molecular flexibility index (Phi) is 4.37. The zero-order valence-electron chi connectivity index (χ0n) is 9.84. The van der Waals surface area contributed by atoms with Gasteiger partial charge in [0, 0.05) is 24.3 Å². The Balaban J connectivity index is 2.01. The lowest BCUT2D eigenvalue weighted by Gasteiger charge is -2.26. The molecule has 3 heteroatoms. The SMILES string of the molecule is C=CC(Sc1ccccn1)C1CCCC(=O)C1. The van der Waals surface area contributed by atoms with Crippen molar-refractivity contribution < 1.29 is 4.79 Å². The minimum atomic E-state index is 0.300. The number of hydrogen-bond donors (Lipinski definition) is 0. The molecule has 1 heterocycles. The number of carbonyl (C=O) groups is 1. The monoisotopic (exact) mass is 247 g/mol. The summed E-state index contributed by atoms with van der Waals surface area (Å²) in [7, 11) is 0. The van der Waals surface area contributed by atoms with Gasteiger partial charge in [-0.1, -0.05) is 23.9 Å². The van der Waals surface area contributed by atoms with Crippen molar-refractivity contribution in [1.82, 2.24) is 4.98 Å². The molecular weight excluding hydrogens is 230 g/mol. The summed E-state index contributed by atoms with van der Waals surface area (Å²) < 4.78 is 0. The van der Waals surface area contributed by atoms with Crippen molar-refractivity contribution in [3.63, 3.8) is 0 Å². The smallest absolute Gasteiger partial charge is 0.133 e. The first-order valence-corrected chi connectivity index (χ1v) is 6.89. The number of carbonyl (C=O) groups excluding carboxylic acids is 1. The van der Waals surface area contributed by atoms with E-state index in [4.69, 9.17) is 0 Å². The fraction of sp³-hybridized carbons (Fsp3) is 0.429. The molecule has 0 spiro atoms. The van der Waals surface area contributed by atoms with E-state index >= 15 is 0 Å². The van der Waals surface area contributed by atoms with Gasteiger partial charge < -0.3 is 0 Å². The van der Waals surface area contributed by atoms with Crippen LogP contribution in [-0.4, -0.2) is 16.0 Å². The van der Waals surface area contributed by atoms with Crippen molar-refractivity contribution in [3.8, 4) is 0 Å². The lowest BCUT2D eigenvalue weighted by Crippen LogP contribution is -2.23. The molecule has 0 saturated heterocycles. The third-order valence-corrected chi connectivity index (χ3v) is 4.44. The minimum Gasteiger partial charge on any atom is -0.300 e. The van der Waals surface area contributed by atoms with Crippen LogP contribution < -0.4 is 0 Å². The molecule has 1 fully saturated rings. The summed E-state index contributed by atoms with van der Waals surface area (Å²) in [6, 6.07) is 5.91. The number of pyridine rings is 1. The normalized spacial score (nSPS) is 22.1. The number of aromatic nitrogens is 1. The van der Waals surface area contributed by atoms with E-state index in [0.29, 0.717) is 23.4 Å². The number of hydrogen-bond acceptors (Lipinski definition) is 3. The summed E-state index contributed by atoms with van der Waals surface area (Å²) in [6.07, 6.45) is 7.38. The van der Waals surface area contributed by atoms with Crippen molar-refractivity contribution in [2.45, 2.75) is 36.0 Å². The Bertz CT molecular complexity index is 390. The molecule has 2 atom stereocenters. The summed E-state index contributed by atoms with van der Waals surface area (Å²) in [5, 5.41) is 1.31. The van der Waals surface area contributed by atoms with Crippen LogP contribution in [-0.2, 0) is 4.79 Å². The molecule has 17 heavy (non-hydrogen) atoms. The maximum absolute atomic E-state index is 11.5. The molecular formula is C14H17NOS. The summed E-state index contributed by atoms with van der Waals surface area (Å²) in [4.78, 5) is 15.8. The Morgan fingerprint density at radius 3 is 3.06 bits per heavy atom. The van der Waals surface area contributed by atoms with Crippen LogP contribution in [0.25, 0.3) is 0 Å². The lowest BCUT2D eigenvalue weighted by molar-refractivity contribution is -0.121. The second kappa shape index (κ2) is 6.01. The molecule has 0 radical (unpaired) electrons. The summed E-state index contributed by atoms with van der Waals surface area (Å²) >= 11 is 1.72. The van der Waals surface area contributed by atoms with Crippen molar-refractivity contribution >= 4 is 17.5 Å². The van der Waals surface area contributed by atoms with Gasteiger partial charge in [-0.15, -0.1) is 6.58 Å². The first-order valence-electron chi connectivity index (χ1n) is 6.01. The first kappa shape index (κ1) is 12.4. The highest BCUT2D eigenvalue weighted by atomic mass is 32.2. The molecule has 0 bridgehead atoms. The van der Waals surface area contributed by atoms with Gasteiger partial charge in [0.05, 0.1) is 5.03 Å². The Labute approximate surface area is 107 Å². The standard InChI is InChI=1S/C14H17NOS/c1-2-13(11-6-5-7-12(16)10-11)17-14-8-3-4-9-15-14/h2-4,8-9,11,13H,1,5-7,10H2. The van der Waals surface area contributed by atoms with E-state index in [0.717, 1.165) is 24.3 Å². The second-order valence-electron chi connectivity index (χ2n) is 4.38. The number of rotatable bonds is 4. The van der Waals surface area contributed by atoms with Crippen LogP contribution >= 0.6 is 11.8 Å². The summed E-state index contributed by atoms with van der Waals surface area (Å²) in [5.41, 5.74) is 0. The van der Waals surface area contributed by atoms with E-state index in [-0.39, 0.29) is 0 Å². The number of Topliss-reactive ketones (excluding diaryl/α,β-unsaturated/α-hetero) is 1. The molecule has 2 rings (SSSR count). The van der Waals surface area contributed by atoms with Gasteiger partial charge in [-0.2, -0.15) is 0 Å². The van der Waals surface area contributed by atoms with Gasteiger partial charge >= 0.3 is 0 Å². The molecule has 0 amide bonds. The number of ketones is 1.